The second kappa shape index (κ2) is 2.80. The van der Waals surface area contributed by atoms with Crippen molar-refractivity contribution in [2.75, 3.05) is 0 Å². The Morgan fingerprint density at radius 3 is 3.00 bits per heavy atom. The van der Waals surface area contributed by atoms with Crippen LogP contribution >= 0.6 is 0 Å². The molecule has 1 heterocycles. The summed E-state index contributed by atoms with van der Waals surface area (Å²) >= 11 is 0. The Kier molecular flexibility index (Phi) is 1.68. The van der Waals surface area contributed by atoms with Crippen molar-refractivity contribution in [2.24, 2.45) is 0 Å². The van der Waals surface area contributed by atoms with Gasteiger partial charge in [0.05, 0.1) is 5.60 Å². The molecule has 74 valence electrons. The van der Waals surface area contributed by atoms with Crippen LogP contribution in [0.5, 0.6) is 0 Å². The first-order valence-corrected chi connectivity index (χ1v) is 5.46. The molecular formula is C12H15NO. The molecule has 2 nitrogen and oxygen atoms in total. The molecule has 14 heavy (non-hydrogen) atoms. The van der Waals surface area contributed by atoms with Crippen LogP contribution in [0.4, 0.5) is 0 Å². The molecular weight excluding hydrogens is 174 g/mol. The van der Waals surface area contributed by atoms with Crippen molar-refractivity contribution < 1.29 is 5.11 Å². The monoisotopic (exact) mass is 189 g/mol. The maximum Gasteiger partial charge on any atom is 0.0731 e. The molecule has 1 unspecified atom stereocenters. The van der Waals surface area contributed by atoms with E-state index in [0.717, 1.165) is 31.4 Å². The lowest BCUT2D eigenvalue weighted by molar-refractivity contribution is -0.0577. The van der Waals surface area contributed by atoms with E-state index in [4.69, 9.17) is 0 Å². The predicted molar refractivity (Wildman–Crippen MR) is 54.1 cm³/mol. The van der Waals surface area contributed by atoms with Crippen LogP contribution < -0.4 is 0 Å². The van der Waals surface area contributed by atoms with Crippen molar-refractivity contribution in [3.63, 3.8) is 0 Å². The van der Waals surface area contributed by atoms with E-state index in [1.165, 1.54) is 12.0 Å². The number of hydrogen-bond acceptors (Lipinski definition) is 2. The van der Waals surface area contributed by atoms with Gasteiger partial charge in [-0.2, -0.15) is 0 Å². The van der Waals surface area contributed by atoms with Gasteiger partial charge in [0.2, 0.25) is 0 Å². The van der Waals surface area contributed by atoms with Crippen molar-refractivity contribution in [3.8, 4) is 0 Å². The van der Waals surface area contributed by atoms with E-state index in [9.17, 15) is 5.11 Å². The first-order valence-electron chi connectivity index (χ1n) is 5.46. The standard InChI is InChI=1S/C12H15NO/c14-12(6-2-7-12)10-5-4-9-3-1-8-13-11(9)10/h1,3,8,10,14H,2,4-7H2. The number of hydrogen-bond donors (Lipinski definition) is 1. The first-order chi connectivity index (χ1) is 6.80. The fourth-order valence-corrected chi connectivity index (χ4v) is 2.82. The molecule has 0 radical (unpaired) electrons. The van der Waals surface area contributed by atoms with Crippen LogP contribution in [0.3, 0.4) is 0 Å². The van der Waals surface area contributed by atoms with E-state index in [0.29, 0.717) is 5.92 Å². The Hall–Kier alpha value is -0.890. The van der Waals surface area contributed by atoms with Crippen molar-refractivity contribution >= 4 is 0 Å². The Morgan fingerprint density at radius 1 is 1.43 bits per heavy atom. The minimum absolute atomic E-state index is 0.312. The SMILES string of the molecule is OC1(C2CCc3cccnc32)CCC1. The molecule has 0 bridgehead atoms. The normalized spacial score (nSPS) is 28.2. The van der Waals surface area contributed by atoms with Crippen molar-refractivity contribution in [1.82, 2.24) is 4.98 Å². The summed E-state index contributed by atoms with van der Waals surface area (Å²) in [6.45, 7) is 0. The van der Waals surface area contributed by atoms with Gasteiger partial charge in [0, 0.05) is 17.8 Å². The summed E-state index contributed by atoms with van der Waals surface area (Å²) in [4.78, 5) is 4.43. The van der Waals surface area contributed by atoms with Crippen LogP contribution in [0.25, 0.3) is 0 Å². The van der Waals surface area contributed by atoms with Crippen molar-refractivity contribution in [3.05, 3.63) is 29.6 Å². The van der Waals surface area contributed by atoms with Gasteiger partial charge in [-0.25, -0.2) is 0 Å². The highest BCUT2D eigenvalue weighted by molar-refractivity contribution is 5.31. The van der Waals surface area contributed by atoms with E-state index >= 15 is 0 Å². The van der Waals surface area contributed by atoms with Crippen LogP contribution in [0.2, 0.25) is 0 Å². The van der Waals surface area contributed by atoms with Gasteiger partial charge in [-0.15, -0.1) is 0 Å². The number of pyridine rings is 1. The third kappa shape index (κ3) is 1.04. The van der Waals surface area contributed by atoms with E-state index in [2.05, 4.69) is 11.1 Å². The molecule has 0 saturated heterocycles. The molecule has 1 fully saturated rings. The zero-order valence-electron chi connectivity index (χ0n) is 8.24. The Balaban J connectivity index is 1.97. The number of aliphatic hydroxyl groups is 1. The molecule has 0 spiro atoms. The minimum Gasteiger partial charge on any atom is -0.389 e. The van der Waals surface area contributed by atoms with Gasteiger partial charge in [0.1, 0.15) is 0 Å². The lowest BCUT2D eigenvalue weighted by Crippen LogP contribution is -2.42. The number of rotatable bonds is 1. The smallest absolute Gasteiger partial charge is 0.0731 e. The molecule has 2 heteroatoms. The van der Waals surface area contributed by atoms with Crippen LogP contribution in [0.1, 0.15) is 42.9 Å². The molecule has 1 saturated carbocycles. The maximum atomic E-state index is 10.3. The van der Waals surface area contributed by atoms with E-state index < -0.39 is 5.60 Å². The van der Waals surface area contributed by atoms with Crippen molar-refractivity contribution in [1.29, 1.82) is 0 Å². The minimum atomic E-state index is -0.417. The van der Waals surface area contributed by atoms with Crippen molar-refractivity contribution in [2.45, 2.75) is 43.6 Å². The number of fused-ring (bicyclic) bond motifs is 1. The topological polar surface area (TPSA) is 33.1 Å². The van der Waals surface area contributed by atoms with E-state index in [-0.39, 0.29) is 0 Å². The molecule has 1 N–H and O–H groups in total. The summed E-state index contributed by atoms with van der Waals surface area (Å²) in [5.41, 5.74) is 2.09. The molecule has 3 rings (SSSR count). The van der Waals surface area contributed by atoms with Crippen LogP contribution in [-0.4, -0.2) is 15.7 Å². The lowest BCUT2D eigenvalue weighted by atomic mass is 9.70. The van der Waals surface area contributed by atoms with Gasteiger partial charge < -0.3 is 5.11 Å². The maximum absolute atomic E-state index is 10.3. The summed E-state index contributed by atoms with van der Waals surface area (Å²) in [6.07, 6.45) is 7.13. The summed E-state index contributed by atoms with van der Waals surface area (Å²) in [5, 5.41) is 10.3. The molecule has 0 amide bonds. The largest absolute Gasteiger partial charge is 0.389 e. The zero-order valence-corrected chi connectivity index (χ0v) is 8.24. The van der Waals surface area contributed by atoms with Gasteiger partial charge in [0.25, 0.3) is 0 Å². The van der Waals surface area contributed by atoms with Gasteiger partial charge in [-0.3, -0.25) is 4.98 Å². The number of nitrogens with zero attached hydrogens (tertiary/aromatic N) is 1. The first kappa shape index (κ1) is 8.42. The summed E-state index contributed by atoms with van der Waals surface area (Å²) in [7, 11) is 0. The van der Waals surface area contributed by atoms with Crippen LogP contribution in [0.15, 0.2) is 18.3 Å². The Morgan fingerprint density at radius 2 is 2.29 bits per heavy atom. The molecule has 1 atom stereocenters. The Bertz CT molecular complexity index is 357. The van der Waals surface area contributed by atoms with E-state index in [1.54, 1.807) is 0 Å². The predicted octanol–water partition coefficient (Wildman–Crippen LogP) is 2.03. The number of aryl methyl sites for hydroxylation is 1. The van der Waals surface area contributed by atoms with Gasteiger partial charge in [-0.05, 0) is 43.7 Å². The summed E-state index contributed by atoms with van der Waals surface area (Å²) in [6, 6.07) is 4.14. The van der Waals surface area contributed by atoms with Crippen LogP contribution in [-0.2, 0) is 6.42 Å². The van der Waals surface area contributed by atoms with Gasteiger partial charge >= 0.3 is 0 Å². The quantitative estimate of drug-likeness (QED) is 0.733. The Labute approximate surface area is 84.0 Å². The molecule has 1 aromatic rings. The molecule has 2 aliphatic rings. The summed E-state index contributed by atoms with van der Waals surface area (Å²) < 4.78 is 0. The third-order valence-electron chi connectivity index (χ3n) is 3.83. The molecule has 0 aromatic carbocycles. The molecule has 1 aromatic heterocycles. The third-order valence-corrected chi connectivity index (χ3v) is 3.83. The second-order valence-electron chi connectivity index (χ2n) is 4.60. The highest BCUT2D eigenvalue weighted by Crippen LogP contribution is 2.48. The second-order valence-corrected chi connectivity index (χ2v) is 4.60. The lowest BCUT2D eigenvalue weighted by Gasteiger charge is -2.41. The van der Waals surface area contributed by atoms with Crippen LogP contribution in [0, 0.1) is 0 Å². The fourth-order valence-electron chi connectivity index (χ4n) is 2.82. The summed E-state index contributed by atoms with van der Waals surface area (Å²) in [5.74, 6) is 0.312. The number of aromatic nitrogens is 1. The van der Waals surface area contributed by atoms with Gasteiger partial charge in [-0.1, -0.05) is 6.07 Å². The average molecular weight is 189 g/mol. The van der Waals surface area contributed by atoms with E-state index in [1.807, 2.05) is 12.3 Å². The average Bonchev–Trinajstić information content (AvgIpc) is 2.58. The molecule has 2 aliphatic carbocycles. The zero-order chi connectivity index (χ0) is 9.60. The fraction of sp³-hybridized carbons (Fsp3) is 0.583. The van der Waals surface area contributed by atoms with Gasteiger partial charge in [0.15, 0.2) is 0 Å². The highest BCUT2D eigenvalue weighted by Gasteiger charge is 2.45. The molecule has 0 aliphatic heterocycles. The highest BCUT2D eigenvalue weighted by atomic mass is 16.3.